The van der Waals surface area contributed by atoms with E-state index in [0.29, 0.717) is 11.3 Å². The van der Waals surface area contributed by atoms with Gasteiger partial charge in [-0.05, 0) is 24.1 Å². The number of carbonyl (C=O) groups is 6. The van der Waals surface area contributed by atoms with Gasteiger partial charge >= 0.3 is 17.9 Å². The van der Waals surface area contributed by atoms with Crippen LogP contribution in [0, 0.1) is 0 Å². The van der Waals surface area contributed by atoms with Crippen LogP contribution in [0.15, 0.2) is 36.8 Å². The molecule has 16 nitrogen and oxygen atoms in total. The third-order valence-corrected chi connectivity index (χ3v) is 5.62. The lowest BCUT2D eigenvalue weighted by molar-refractivity contribution is -0.143. The Kier molecular flexibility index (Phi) is 11.6. The van der Waals surface area contributed by atoms with Crippen molar-refractivity contribution < 1.29 is 49.2 Å². The van der Waals surface area contributed by atoms with E-state index in [0.717, 1.165) is 0 Å². The van der Waals surface area contributed by atoms with E-state index < -0.39 is 72.6 Å². The summed E-state index contributed by atoms with van der Waals surface area (Å²) in [4.78, 5) is 79.0. The Morgan fingerprint density at radius 1 is 0.825 bits per heavy atom. The molecule has 4 atom stereocenters. The van der Waals surface area contributed by atoms with Gasteiger partial charge in [-0.2, -0.15) is 0 Å². The van der Waals surface area contributed by atoms with Crippen molar-refractivity contribution in [2.75, 3.05) is 0 Å². The van der Waals surface area contributed by atoms with Crippen LogP contribution >= 0.6 is 0 Å². The van der Waals surface area contributed by atoms with Gasteiger partial charge in [-0.3, -0.25) is 24.0 Å². The lowest BCUT2D eigenvalue weighted by Crippen LogP contribution is -2.58. The van der Waals surface area contributed by atoms with Crippen LogP contribution < -0.4 is 21.7 Å². The highest BCUT2D eigenvalue weighted by atomic mass is 16.4. The van der Waals surface area contributed by atoms with Crippen LogP contribution in [0.5, 0.6) is 5.75 Å². The number of phenolic OH excluding ortho intramolecular Hbond substituents is 1. The number of carbonyl (C=O) groups excluding carboxylic acids is 3. The summed E-state index contributed by atoms with van der Waals surface area (Å²) in [6.45, 7) is 0. The van der Waals surface area contributed by atoms with Crippen LogP contribution in [0.4, 0.5) is 0 Å². The van der Waals surface area contributed by atoms with Crippen molar-refractivity contribution in [2.45, 2.75) is 56.3 Å². The average molecular weight is 563 g/mol. The molecule has 10 N–H and O–H groups in total. The Balaban J connectivity index is 2.20. The lowest BCUT2D eigenvalue weighted by Gasteiger charge is -2.24. The molecule has 1 heterocycles. The number of benzene rings is 1. The predicted molar refractivity (Wildman–Crippen MR) is 135 cm³/mol. The number of nitrogens with one attached hydrogen (secondary N) is 4. The number of aliphatic carboxylic acids is 3. The van der Waals surface area contributed by atoms with Gasteiger partial charge in [-0.25, -0.2) is 9.78 Å². The molecule has 16 heteroatoms. The Labute approximate surface area is 227 Å². The number of aromatic amines is 1. The Morgan fingerprint density at radius 3 is 1.98 bits per heavy atom. The first-order chi connectivity index (χ1) is 18.8. The summed E-state index contributed by atoms with van der Waals surface area (Å²) >= 11 is 0. The van der Waals surface area contributed by atoms with E-state index in [1.807, 2.05) is 0 Å². The fourth-order valence-corrected chi connectivity index (χ4v) is 3.51. The van der Waals surface area contributed by atoms with Crippen LogP contribution in [0.3, 0.4) is 0 Å². The normalized spacial score (nSPS) is 13.7. The molecule has 0 aliphatic carbocycles. The molecule has 2 rings (SSSR count). The summed E-state index contributed by atoms with van der Waals surface area (Å²) in [5, 5.41) is 43.9. The van der Waals surface area contributed by atoms with Gasteiger partial charge in [-0.1, -0.05) is 12.1 Å². The Bertz CT molecular complexity index is 1200. The number of carboxylic acid groups (broad SMARTS) is 3. The number of phenols is 1. The van der Waals surface area contributed by atoms with E-state index in [9.17, 15) is 44.1 Å². The first kappa shape index (κ1) is 31.2. The summed E-state index contributed by atoms with van der Waals surface area (Å²) in [7, 11) is 0. The first-order valence-corrected chi connectivity index (χ1v) is 11.9. The summed E-state index contributed by atoms with van der Waals surface area (Å²) in [5.74, 6) is -7.06. The van der Waals surface area contributed by atoms with Crippen LogP contribution in [-0.4, -0.2) is 90.2 Å². The molecule has 3 amide bonds. The van der Waals surface area contributed by atoms with Crippen molar-refractivity contribution in [1.82, 2.24) is 25.9 Å². The van der Waals surface area contributed by atoms with E-state index in [1.165, 1.54) is 36.8 Å². The molecule has 0 spiro atoms. The zero-order valence-corrected chi connectivity index (χ0v) is 21.1. The Hall–Kier alpha value is -4.99. The van der Waals surface area contributed by atoms with Gasteiger partial charge < -0.3 is 47.1 Å². The van der Waals surface area contributed by atoms with Gasteiger partial charge in [0.25, 0.3) is 0 Å². The number of hydrogen-bond acceptors (Lipinski definition) is 9. The highest BCUT2D eigenvalue weighted by Crippen LogP contribution is 2.12. The molecule has 1 aromatic heterocycles. The highest BCUT2D eigenvalue weighted by Gasteiger charge is 2.32. The molecule has 1 aromatic carbocycles. The molecule has 0 aliphatic rings. The minimum absolute atomic E-state index is 0.0344. The molecule has 4 unspecified atom stereocenters. The maximum atomic E-state index is 13.1. The van der Waals surface area contributed by atoms with E-state index in [1.54, 1.807) is 0 Å². The minimum Gasteiger partial charge on any atom is -0.508 e. The van der Waals surface area contributed by atoms with Crippen molar-refractivity contribution in [2.24, 2.45) is 5.73 Å². The van der Waals surface area contributed by atoms with Crippen molar-refractivity contribution in [3.05, 3.63) is 48.0 Å². The second kappa shape index (κ2) is 14.8. The van der Waals surface area contributed by atoms with E-state index >= 15 is 0 Å². The van der Waals surface area contributed by atoms with Crippen LogP contribution in [0.1, 0.15) is 30.5 Å². The molecule has 0 fully saturated rings. The monoisotopic (exact) mass is 562 g/mol. The predicted octanol–water partition coefficient (Wildman–Crippen LogP) is -1.89. The number of rotatable bonds is 16. The average Bonchev–Trinajstić information content (AvgIpc) is 3.40. The van der Waals surface area contributed by atoms with Crippen LogP contribution in [-0.2, 0) is 41.6 Å². The smallest absolute Gasteiger partial charge is 0.326 e. The quantitative estimate of drug-likeness (QED) is 0.109. The van der Waals surface area contributed by atoms with E-state index in [-0.39, 0.29) is 25.0 Å². The number of aromatic nitrogens is 2. The van der Waals surface area contributed by atoms with Gasteiger partial charge in [-0.15, -0.1) is 0 Å². The van der Waals surface area contributed by atoms with Gasteiger partial charge in [0.05, 0.1) is 18.8 Å². The molecule has 0 saturated heterocycles. The number of H-pyrrole nitrogens is 1. The second-order valence-corrected chi connectivity index (χ2v) is 8.81. The second-order valence-electron chi connectivity index (χ2n) is 8.81. The van der Waals surface area contributed by atoms with Gasteiger partial charge in [0.1, 0.15) is 23.9 Å². The summed E-state index contributed by atoms with van der Waals surface area (Å²) in [6.07, 6.45) is 0.711. The van der Waals surface area contributed by atoms with Crippen molar-refractivity contribution in [3.63, 3.8) is 0 Å². The molecular formula is C24H30N6O10. The van der Waals surface area contributed by atoms with Crippen molar-refractivity contribution in [1.29, 1.82) is 0 Å². The number of nitrogens with two attached hydrogens (primary N) is 1. The van der Waals surface area contributed by atoms with Crippen molar-refractivity contribution >= 4 is 35.6 Å². The summed E-state index contributed by atoms with van der Waals surface area (Å²) < 4.78 is 0. The zero-order chi connectivity index (χ0) is 29.8. The first-order valence-electron chi connectivity index (χ1n) is 11.9. The molecule has 216 valence electrons. The van der Waals surface area contributed by atoms with Gasteiger partial charge in [0, 0.05) is 31.2 Å². The lowest BCUT2D eigenvalue weighted by atomic mass is 10.0. The number of nitrogens with zero attached hydrogens (tertiary/aromatic N) is 1. The molecule has 0 saturated carbocycles. The SMILES string of the molecule is NC(CCC(=O)O)C(=O)NC(CC(=O)O)C(=O)NC(Cc1cnc[nH]1)C(=O)NC(Cc1ccc(O)cc1)C(=O)O. The van der Waals surface area contributed by atoms with Gasteiger partial charge in [0.15, 0.2) is 0 Å². The maximum absolute atomic E-state index is 13.1. The fraction of sp³-hybridized carbons (Fsp3) is 0.375. The number of carboxylic acids is 3. The topological polar surface area (TPSA) is 274 Å². The van der Waals surface area contributed by atoms with Gasteiger partial charge in [0.2, 0.25) is 17.7 Å². The number of aromatic hydroxyl groups is 1. The van der Waals surface area contributed by atoms with Crippen molar-refractivity contribution in [3.8, 4) is 5.75 Å². The Morgan fingerprint density at radius 2 is 1.43 bits per heavy atom. The highest BCUT2D eigenvalue weighted by molar-refractivity contribution is 5.95. The molecule has 0 radical (unpaired) electrons. The number of imidazole rings is 1. The molecule has 40 heavy (non-hydrogen) atoms. The largest absolute Gasteiger partial charge is 0.508 e. The molecule has 0 aliphatic heterocycles. The summed E-state index contributed by atoms with van der Waals surface area (Å²) in [5.41, 5.74) is 6.50. The summed E-state index contributed by atoms with van der Waals surface area (Å²) in [6, 6.07) is -0.249. The number of hydrogen-bond donors (Lipinski definition) is 9. The zero-order valence-electron chi connectivity index (χ0n) is 21.1. The number of amides is 3. The fourth-order valence-electron chi connectivity index (χ4n) is 3.51. The maximum Gasteiger partial charge on any atom is 0.326 e. The van der Waals surface area contributed by atoms with E-state index in [2.05, 4.69) is 25.9 Å². The van der Waals surface area contributed by atoms with Crippen LogP contribution in [0.25, 0.3) is 0 Å². The van der Waals surface area contributed by atoms with Crippen LogP contribution in [0.2, 0.25) is 0 Å². The molecule has 0 bridgehead atoms. The third-order valence-electron chi connectivity index (χ3n) is 5.62. The molecule has 2 aromatic rings. The minimum atomic E-state index is -1.69. The van der Waals surface area contributed by atoms with E-state index in [4.69, 9.17) is 10.8 Å². The third kappa shape index (κ3) is 10.4. The standard InChI is InChI=1S/C24H30N6O10/c25-15(5-6-19(32)33)21(36)28-17(9-20(34)35)23(38)29-16(8-13-10-26-11-27-13)22(37)30-18(24(39)40)7-12-1-3-14(31)4-2-12/h1-4,10-11,15-18,31H,5-9,25H2,(H,26,27)(H,28,36)(H,29,38)(H,30,37)(H,32,33)(H,34,35)(H,39,40). The molecular weight excluding hydrogens is 532 g/mol.